The number of carbonyl (C=O) groups is 1. The predicted octanol–water partition coefficient (Wildman–Crippen LogP) is 3.73. The average molecular weight is 369 g/mol. The highest BCUT2D eigenvalue weighted by Gasteiger charge is 2.22. The standard InChI is InChI=1S/C19H23N5OS/c1-4-16(24-14(3)12-13(2)23-24)18(25)20-19-22-21-17(26-19)11-10-15-8-6-5-7-9-15/h5-9,12,16H,4,10-11H2,1-3H3,(H,20,22,25). The summed E-state index contributed by atoms with van der Waals surface area (Å²) in [4.78, 5) is 12.7. The normalized spacial score (nSPS) is 12.1. The minimum atomic E-state index is -0.347. The number of benzene rings is 1. The van der Waals surface area contributed by atoms with Crippen molar-refractivity contribution in [3.8, 4) is 0 Å². The Morgan fingerprint density at radius 1 is 1.19 bits per heavy atom. The number of aromatic nitrogens is 4. The Kier molecular flexibility index (Phi) is 5.78. The second kappa shape index (κ2) is 8.23. The largest absolute Gasteiger partial charge is 0.299 e. The fourth-order valence-corrected chi connectivity index (χ4v) is 3.66. The van der Waals surface area contributed by atoms with Crippen molar-refractivity contribution in [2.45, 2.75) is 46.1 Å². The molecule has 3 rings (SSSR count). The Labute approximate surface area is 157 Å². The maximum Gasteiger partial charge on any atom is 0.251 e. The summed E-state index contributed by atoms with van der Waals surface area (Å²) >= 11 is 1.43. The van der Waals surface area contributed by atoms with E-state index >= 15 is 0 Å². The molecule has 0 saturated heterocycles. The zero-order valence-electron chi connectivity index (χ0n) is 15.3. The van der Waals surface area contributed by atoms with E-state index in [1.807, 2.05) is 45.0 Å². The molecule has 1 unspecified atom stereocenters. The van der Waals surface area contributed by atoms with Crippen LogP contribution in [0.4, 0.5) is 5.13 Å². The summed E-state index contributed by atoms with van der Waals surface area (Å²) in [5.41, 5.74) is 3.15. The van der Waals surface area contributed by atoms with Gasteiger partial charge in [0, 0.05) is 12.1 Å². The van der Waals surface area contributed by atoms with Crippen molar-refractivity contribution in [2.75, 3.05) is 5.32 Å². The number of nitrogens with zero attached hydrogens (tertiary/aromatic N) is 4. The van der Waals surface area contributed by atoms with Crippen LogP contribution in [-0.2, 0) is 17.6 Å². The van der Waals surface area contributed by atoms with Crippen molar-refractivity contribution in [1.29, 1.82) is 0 Å². The second-order valence-electron chi connectivity index (χ2n) is 6.27. The van der Waals surface area contributed by atoms with Gasteiger partial charge in [-0.2, -0.15) is 5.10 Å². The number of anilines is 1. The number of rotatable bonds is 7. The molecule has 0 bridgehead atoms. The van der Waals surface area contributed by atoms with Crippen LogP contribution in [-0.4, -0.2) is 25.9 Å². The molecule has 0 aliphatic rings. The van der Waals surface area contributed by atoms with Crippen LogP contribution in [0.25, 0.3) is 0 Å². The van der Waals surface area contributed by atoms with Gasteiger partial charge in [-0.3, -0.25) is 14.8 Å². The fraction of sp³-hybridized carbons (Fsp3) is 0.368. The van der Waals surface area contributed by atoms with Gasteiger partial charge in [0.15, 0.2) is 0 Å². The van der Waals surface area contributed by atoms with E-state index in [9.17, 15) is 4.79 Å². The molecule has 0 aliphatic carbocycles. The summed E-state index contributed by atoms with van der Waals surface area (Å²) in [6.45, 7) is 5.87. The van der Waals surface area contributed by atoms with E-state index in [1.165, 1.54) is 16.9 Å². The lowest BCUT2D eigenvalue weighted by Gasteiger charge is -2.16. The first-order valence-corrected chi connectivity index (χ1v) is 9.58. The molecule has 0 spiro atoms. The van der Waals surface area contributed by atoms with Gasteiger partial charge in [-0.25, -0.2) is 0 Å². The number of hydrogen-bond acceptors (Lipinski definition) is 5. The van der Waals surface area contributed by atoms with Crippen molar-refractivity contribution in [1.82, 2.24) is 20.0 Å². The van der Waals surface area contributed by atoms with Gasteiger partial charge in [-0.15, -0.1) is 10.2 Å². The molecule has 0 aliphatic heterocycles. The summed E-state index contributed by atoms with van der Waals surface area (Å²) in [5, 5.41) is 17.1. The van der Waals surface area contributed by atoms with Crippen LogP contribution in [0.1, 0.15) is 41.3 Å². The van der Waals surface area contributed by atoms with E-state index in [4.69, 9.17) is 0 Å². The highest BCUT2D eigenvalue weighted by Crippen LogP contribution is 2.21. The third kappa shape index (κ3) is 4.35. The number of carbonyl (C=O) groups excluding carboxylic acids is 1. The number of hydrogen-bond donors (Lipinski definition) is 1. The topological polar surface area (TPSA) is 72.7 Å². The van der Waals surface area contributed by atoms with Gasteiger partial charge in [0.05, 0.1) is 5.69 Å². The first kappa shape index (κ1) is 18.3. The van der Waals surface area contributed by atoms with Gasteiger partial charge in [-0.05, 0) is 38.3 Å². The number of amides is 1. The summed E-state index contributed by atoms with van der Waals surface area (Å²) in [6.07, 6.45) is 2.38. The minimum absolute atomic E-state index is 0.107. The van der Waals surface area contributed by atoms with Gasteiger partial charge in [0.2, 0.25) is 5.13 Å². The monoisotopic (exact) mass is 369 g/mol. The van der Waals surface area contributed by atoms with E-state index in [2.05, 4.69) is 32.7 Å². The number of aryl methyl sites for hydroxylation is 4. The Morgan fingerprint density at radius 3 is 2.62 bits per heavy atom. The quantitative estimate of drug-likeness (QED) is 0.689. The third-order valence-electron chi connectivity index (χ3n) is 4.20. The third-order valence-corrected chi connectivity index (χ3v) is 5.09. The molecule has 7 heteroatoms. The van der Waals surface area contributed by atoms with Crippen molar-refractivity contribution in [3.63, 3.8) is 0 Å². The van der Waals surface area contributed by atoms with Crippen molar-refractivity contribution >= 4 is 22.4 Å². The van der Waals surface area contributed by atoms with Crippen LogP contribution in [0.3, 0.4) is 0 Å². The van der Waals surface area contributed by atoms with E-state index in [0.717, 1.165) is 29.2 Å². The highest BCUT2D eigenvalue weighted by atomic mass is 32.1. The fourth-order valence-electron chi connectivity index (χ4n) is 2.92. The van der Waals surface area contributed by atoms with E-state index in [1.54, 1.807) is 4.68 Å². The smallest absolute Gasteiger partial charge is 0.251 e. The lowest BCUT2D eigenvalue weighted by molar-refractivity contribution is -0.119. The summed E-state index contributed by atoms with van der Waals surface area (Å²) in [5.74, 6) is -0.107. The minimum Gasteiger partial charge on any atom is -0.299 e. The van der Waals surface area contributed by atoms with Crippen LogP contribution >= 0.6 is 11.3 Å². The molecule has 0 fully saturated rings. The highest BCUT2D eigenvalue weighted by molar-refractivity contribution is 7.15. The maximum atomic E-state index is 12.7. The molecule has 3 aromatic rings. The molecular weight excluding hydrogens is 346 g/mol. The summed E-state index contributed by atoms with van der Waals surface area (Å²) in [7, 11) is 0. The summed E-state index contributed by atoms with van der Waals surface area (Å²) in [6, 6.07) is 11.9. The zero-order chi connectivity index (χ0) is 18.5. The van der Waals surface area contributed by atoms with Gasteiger partial charge < -0.3 is 0 Å². The summed E-state index contributed by atoms with van der Waals surface area (Å²) < 4.78 is 1.78. The van der Waals surface area contributed by atoms with Crippen LogP contribution in [0, 0.1) is 13.8 Å². The van der Waals surface area contributed by atoms with Crippen LogP contribution in [0.5, 0.6) is 0 Å². The predicted molar refractivity (Wildman–Crippen MR) is 103 cm³/mol. The molecule has 1 atom stereocenters. The van der Waals surface area contributed by atoms with Gasteiger partial charge in [-0.1, -0.05) is 48.6 Å². The first-order valence-electron chi connectivity index (χ1n) is 8.76. The van der Waals surface area contributed by atoms with Crippen LogP contribution in [0.15, 0.2) is 36.4 Å². The van der Waals surface area contributed by atoms with E-state index in [0.29, 0.717) is 11.6 Å². The molecule has 26 heavy (non-hydrogen) atoms. The van der Waals surface area contributed by atoms with Crippen LogP contribution < -0.4 is 5.32 Å². The first-order chi connectivity index (χ1) is 12.6. The van der Waals surface area contributed by atoms with Crippen molar-refractivity contribution < 1.29 is 4.79 Å². The average Bonchev–Trinajstić information content (AvgIpc) is 3.21. The SMILES string of the molecule is CCC(C(=O)Nc1nnc(CCc2ccccc2)s1)n1nc(C)cc1C. The Bertz CT molecular complexity index is 871. The molecule has 2 heterocycles. The number of nitrogens with one attached hydrogen (secondary N) is 1. The molecule has 0 radical (unpaired) electrons. The van der Waals surface area contributed by atoms with Crippen molar-refractivity contribution in [3.05, 3.63) is 58.4 Å². The maximum absolute atomic E-state index is 12.7. The molecular formula is C19H23N5OS. The van der Waals surface area contributed by atoms with Crippen LogP contribution in [0.2, 0.25) is 0 Å². The molecule has 0 saturated carbocycles. The Morgan fingerprint density at radius 2 is 1.96 bits per heavy atom. The van der Waals surface area contributed by atoms with Gasteiger partial charge in [0.25, 0.3) is 5.91 Å². The Balaban J connectivity index is 1.62. The molecule has 6 nitrogen and oxygen atoms in total. The molecule has 1 amide bonds. The zero-order valence-corrected chi connectivity index (χ0v) is 16.1. The van der Waals surface area contributed by atoms with Crippen molar-refractivity contribution in [2.24, 2.45) is 0 Å². The molecule has 1 N–H and O–H groups in total. The molecule has 1 aromatic carbocycles. The van der Waals surface area contributed by atoms with Gasteiger partial charge >= 0.3 is 0 Å². The lowest BCUT2D eigenvalue weighted by Crippen LogP contribution is -2.27. The van der Waals surface area contributed by atoms with Gasteiger partial charge in [0.1, 0.15) is 11.0 Å². The lowest BCUT2D eigenvalue weighted by atomic mass is 10.1. The second-order valence-corrected chi connectivity index (χ2v) is 7.33. The van der Waals surface area contributed by atoms with E-state index in [-0.39, 0.29) is 11.9 Å². The van der Waals surface area contributed by atoms with E-state index < -0.39 is 0 Å². The molecule has 136 valence electrons. The molecule has 2 aromatic heterocycles. The Hall–Kier alpha value is -2.54.